The molecule has 0 radical (unpaired) electrons. The molecule has 0 aromatic rings. The van der Waals surface area contributed by atoms with Crippen LogP contribution in [0.5, 0.6) is 0 Å². The summed E-state index contributed by atoms with van der Waals surface area (Å²) >= 11 is 0. The van der Waals surface area contributed by atoms with Crippen LogP contribution in [-0.2, 0) is 90.0 Å². The van der Waals surface area contributed by atoms with Gasteiger partial charge < -0.3 is 197 Å². The molecule has 40 nitrogen and oxygen atoms in total. The van der Waals surface area contributed by atoms with E-state index in [9.17, 15) is 107 Å². The Morgan fingerprint density at radius 2 is 0.600 bits per heavy atom. The van der Waals surface area contributed by atoms with Gasteiger partial charge >= 0.3 is 0 Å². The highest BCUT2D eigenvalue weighted by Crippen LogP contribution is 2.37. The second-order valence-corrected chi connectivity index (χ2v) is 23.3. The molecule has 0 saturated carbocycles. The van der Waals surface area contributed by atoms with E-state index in [-0.39, 0.29) is 13.0 Å². The molecule has 0 aromatic carbocycles. The Kier molecular flexibility index (Phi) is 24.4. The predicted octanol–water partition coefficient (Wildman–Crippen LogP) is -15.4. The summed E-state index contributed by atoms with van der Waals surface area (Å²) in [5, 5.41) is 227. The first kappa shape index (κ1) is 71.2. The topological polar surface area (TPSA) is 600 Å². The molecule has 21 N–H and O–H groups in total. The fourth-order valence-corrected chi connectivity index (χ4v) is 11.7. The number of rotatable bonds is 20. The van der Waals surface area contributed by atoms with Crippen molar-refractivity contribution in [2.75, 3.05) is 66.1 Å². The monoisotopic (exact) mass is 1320 g/mol. The molecular weight excluding hydrogens is 1240 g/mol. The lowest BCUT2D eigenvalue weighted by Crippen LogP contribution is -2.66. The molecule has 0 amide bonds. The van der Waals surface area contributed by atoms with Gasteiger partial charge in [-0.3, -0.25) is 0 Å². The van der Waals surface area contributed by atoms with E-state index < -0.39 is 299 Å². The molecule has 40 heteroatoms. The molecule has 10 aliphatic heterocycles. The van der Waals surface area contributed by atoms with Crippen molar-refractivity contribution in [2.45, 2.75) is 246 Å². The van der Waals surface area contributed by atoms with Crippen LogP contribution in [0.2, 0.25) is 0 Å². The number of hydrogen-bond donors (Lipinski definition) is 21. The first-order valence-electron chi connectivity index (χ1n) is 29.2. The van der Waals surface area contributed by atoms with Gasteiger partial charge in [0.15, 0.2) is 62.9 Å². The molecule has 522 valence electrons. The SMILES string of the molecule is OC[C@H]1O[C@@H](O[C@@H]2[C@H](O)COC(O[C@H]3C(O[C@@H]4COC(O)[C@H](O)[C@H]4OC4OC[C@@H](O)[C@@H](OC5OC[C@@H](O[C@@H]6O[C@H](CO)[C@@H](O)[C@@H]6O)[C@H](O)[C@H]5O)[C@@H]4O)OC[C@@H](OC4OC[C@@H](OC5OCC[C@H](O)[C@H]5O)[C@H](OC5OC[C@@H](O)[C@@H](O)[C@@H]5O)[C@H]4O)[C@@H]3O)[C@H]2O)[C@@H](O)[C@@H]1O. The minimum atomic E-state index is -2.10. The molecule has 8 unspecified atom stereocenters. The highest BCUT2D eigenvalue weighted by Gasteiger charge is 2.57. The van der Waals surface area contributed by atoms with Crippen molar-refractivity contribution in [1.29, 1.82) is 0 Å². The van der Waals surface area contributed by atoms with E-state index in [0.29, 0.717) is 0 Å². The number of aliphatic hydroxyl groups excluding tert-OH is 21. The van der Waals surface area contributed by atoms with Crippen LogP contribution in [0, 0.1) is 0 Å². The maximum Gasteiger partial charge on any atom is 0.187 e. The molecule has 10 saturated heterocycles. The Hall–Kier alpha value is -1.60. The summed E-state index contributed by atoms with van der Waals surface area (Å²) < 4.78 is 109. The summed E-state index contributed by atoms with van der Waals surface area (Å²) in [4.78, 5) is 0. The molecule has 0 spiro atoms. The second-order valence-electron chi connectivity index (χ2n) is 23.3. The zero-order chi connectivity index (χ0) is 64.7. The maximum atomic E-state index is 12.3. The average Bonchev–Trinajstić information content (AvgIpc) is 1.15. The minimum absolute atomic E-state index is 0.0341. The van der Waals surface area contributed by atoms with Crippen molar-refractivity contribution < 1.29 is 197 Å². The summed E-state index contributed by atoms with van der Waals surface area (Å²) in [5.41, 5.74) is 0. The summed E-state index contributed by atoms with van der Waals surface area (Å²) in [6.07, 6.45) is -68.6. The zero-order valence-electron chi connectivity index (χ0n) is 47.4. The Bertz CT molecular complexity index is 2210. The van der Waals surface area contributed by atoms with Gasteiger partial charge in [-0.15, -0.1) is 0 Å². The van der Waals surface area contributed by atoms with E-state index in [1.165, 1.54) is 0 Å². The second kappa shape index (κ2) is 30.9. The van der Waals surface area contributed by atoms with E-state index in [4.69, 9.17) is 90.0 Å². The number of ether oxygens (including phenoxy) is 19. The lowest BCUT2D eigenvalue weighted by Gasteiger charge is -2.48. The van der Waals surface area contributed by atoms with E-state index in [1.54, 1.807) is 0 Å². The first-order chi connectivity index (χ1) is 42.9. The summed E-state index contributed by atoms with van der Waals surface area (Å²) in [7, 11) is 0. The largest absolute Gasteiger partial charge is 0.394 e. The van der Waals surface area contributed by atoms with Crippen molar-refractivity contribution in [2.24, 2.45) is 0 Å². The van der Waals surface area contributed by atoms with Crippen molar-refractivity contribution in [3.05, 3.63) is 0 Å². The molecule has 0 bridgehead atoms. The lowest BCUT2D eigenvalue weighted by atomic mass is 10.00. The van der Waals surface area contributed by atoms with Crippen LogP contribution in [0.15, 0.2) is 0 Å². The Morgan fingerprint density at radius 1 is 0.244 bits per heavy atom. The van der Waals surface area contributed by atoms with Gasteiger partial charge in [-0.25, -0.2) is 0 Å². The first-order valence-corrected chi connectivity index (χ1v) is 29.2. The van der Waals surface area contributed by atoms with Gasteiger partial charge in [0, 0.05) is 0 Å². The summed E-state index contributed by atoms with van der Waals surface area (Å²) in [6, 6.07) is 0. The molecule has 39 atom stereocenters. The van der Waals surface area contributed by atoms with Gasteiger partial charge in [0.05, 0.1) is 72.2 Å². The van der Waals surface area contributed by atoms with Gasteiger partial charge in [-0.2, -0.15) is 0 Å². The Labute approximate surface area is 508 Å². The van der Waals surface area contributed by atoms with Crippen molar-refractivity contribution in [1.82, 2.24) is 0 Å². The van der Waals surface area contributed by atoms with Crippen LogP contribution in [0.1, 0.15) is 6.42 Å². The van der Waals surface area contributed by atoms with Gasteiger partial charge in [0.25, 0.3) is 0 Å². The van der Waals surface area contributed by atoms with Gasteiger partial charge in [0.2, 0.25) is 0 Å². The molecule has 90 heavy (non-hydrogen) atoms. The van der Waals surface area contributed by atoms with Gasteiger partial charge in [-0.1, -0.05) is 0 Å². The molecule has 0 aliphatic carbocycles. The van der Waals surface area contributed by atoms with E-state index in [2.05, 4.69) is 0 Å². The number of aliphatic hydroxyl groups is 21. The maximum absolute atomic E-state index is 12.3. The fourth-order valence-electron chi connectivity index (χ4n) is 11.7. The van der Waals surface area contributed by atoms with Crippen LogP contribution in [-0.4, -0.2) is 413 Å². The highest BCUT2D eigenvalue weighted by molar-refractivity contribution is 4.98. The zero-order valence-corrected chi connectivity index (χ0v) is 47.4. The molecular formula is C50H82O40. The third kappa shape index (κ3) is 15.2. The van der Waals surface area contributed by atoms with Crippen LogP contribution in [0.3, 0.4) is 0 Å². The van der Waals surface area contributed by atoms with Crippen LogP contribution >= 0.6 is 0 Å². The quantitative estimate of drug-likeness (QED) is 0.0538. The highest BCUT2D eigenvalue weighted by atomic mass is 16.8. The normalized spacial score (nSPS) is 54.0. The smallest absolute Gasteiger partial charge is 0.187 e. The molecule has 10 heterocycles. The fraction of sp³-hybridized carbons (Fsp3) is 1.00. The summed E-state index contributed by atoms with van der Waals surface area (Å²) in [6.45, 7) is -6.07. The standard InChI is InChI=1S/C50H82O40/c51-3-16-24(59)30(65)48(80-16)83-18-8-77-44(29(64)26(18)61)86-36-14(55)6-75-46(33(36)68)88-38-20(10-73-41(71)32(38)67)85-50-40(90-47-34(69)37(15(56)7-76-47)87-49-31(66)25(60)17(4-52)81-49)27(62)19(9-79-50)82-45-35(70)39(89-43-28(63)22(57)13(54)5-74-43)21(11-78-45)84-42-23(58)12(53)1-2-72-42/h12-71H,1-11H2/t12-,13+,14+,15+,16+,17+,18+,19+,20+,21+,22+,23+,24+,25+,26-,27-,28-,29+,30-,31-,32+,33-,34-,35+,36+,37+,38-,39-,40+,41?,42?,43?,44?,45?,46?,47?,48-,49-,50?/m0/s1. The minimum Gasteiger partial charge on any atom is -0.394 e. The molecule has 10 aliphatic rings. The van der Waals surface area contributed by atoms with E-state index in [0.717, 1.165) is 0 Å². The third-order valence-corrected chi connectivity index (χ3v) is 17.0. The van der Waals surface area contributed by atoms with Crippen LogP contribution in [0.4, 0.5) is 0 Å². The molecule has 0 aromatic heterocycles. The summed E-state index contributed by atoms with van der Waals surface area (Å²) in [5.74, 6) is 0. The van der Waals surface area contributed by atoms with E-state index in [1.807, 2.05) is 0 Å². The van der Waals surface area contributed by atoms with Crippen LogP contribution in [0.25, 0.3) is 0 Å². The average molecular weight is 1320 g/mol. The van der Waals surface area contributed by atoms with Crippen molar-refractivity contribution in [3.63, 3.8) is 0 Å². The molecule has 10 fully saturated rings. The van der Waals surface area contributed by atoms with Crippen LogP contribution < -0.4 is 0 Å². The van der Waals surface area contributed by atoms with Gasteiger partial charge in [0.1, 0.15) is 171 Å². The van der Waals surface area contributed by atoms with E-state index >= 15 is 0 Å². The lowest BCUT2D eigenvalue weighted by molar-refractivity contribution is -0.393. The number of hydrogen-bond acceptors (Lipinski definition) is 40. The predicted molar refractivity (Wildman–Crippen MR) is 268 cm³/mol. The molecule has 10 rings (SSSR count). The van der Waals surface area contributed by atoms with Gasteiger partial charge in [-0.05, 0) is 6.42 Å². The van der Waals surface area contributed by atoms with Crippen molar-refractivity contribution in [3.8, 4) is 0 Å². The third-order valence-electron chi connectivity index (χ3n) is 17.0. The van der Waals surface area contributed by atoms with Crippen molar-refractivity contribution >= 4 is 0 Å². The Balaban J connectivity index is 0.853. The Morgan fingerprint density at radius 3 is 1.16 bits per heavy atom.